The van der Waals surface area contributed by atoms with Crippen molar-refractivity contribution in [3.63, 3.8) is 0 Å². The number of nitrogens with one attached hydrogen (secondary N) is 2. The molecule has 11 heteroatoms. The third kappa shape index (κ3) is 6.28. The number of anilines is 3. The van der Waals surface area contributed by atoms with E-state index >= 15 is 0 Å². The number of carbonyl (C=O) groups is 1. The van der Waals surface area contributed by atoms with Crippen LogP contribution in [-0.4, -0.2) is 71.0 Å². The van der Waals surface area contributed by atoms with Crippen LogP contribution in [-0.2, 0) is 23.0 Å². The zero-order valence-corrected chi connectivity index (χ0v) is 22.8. The van der Waals surface area contributed by atoms with E-state index in [2.05, 4.69) is 57.0 Å². The summed E-state index contributed by atoms with van der Waals surface area (Å²) in [6, 6.07) is 9.70. The van der Waals surface area contributed by atoms with Gasteiger partial charge in [-0.1, -0.05) is 6.07 Å². The summed E-state index contributed by atoms with van der Waals surface area (Å²) in [4.78, 5) is 30.9. The van der Waals surface area contributed by atoms with Crippen molar-refractivity contribution in [2.45, 2.75) is 45.7 Å². The van der Waals surface area contributed by atoms with E-state index in [4.69, 9.17) is 4.98 Å². The molecule has 10 nitrogen and oxygen atoms in total. The maximum Gasteiger partial charge on any atom is 0.255 e. The van der Waals surface area contributed by atoms with Gasteiger partial charge in [-0.25, -0.2) is 23.4 Å². The highest BCUT2D eigenvalue weighted by atomic mass is 32.2. The van der Waals surface area contributed by atoms with Gasteiger partial charge in [0.15, 0.2) is 0 Å². The SMILES string of the molecule is Cc1cc(C)cc(Nc2ncc3c(n2)CCN(C2CCCN(C(=O)c4ccc(NS(C)(=O)=O)nc4)C2)C3)c1. The summed E-state index contributed by atoms with van der Waals surface area (Å²) in [7, 11) is -3.42. The van der Waals surface area contributed by atoms with E-state index in [0.29, 0.717) is 24.6 Å². The summed E-state index contributed by atoms with van der Waals surface area (Å²) in [6.07, 6.45) is 7.20. The number of fused-ring (bicyclic) bond motifs is 1. The molecule has 2 N–H and O–H groups in total. The van der Waals surface area contributed by atoms with Crippen LogP contribution in [0.2, 0.25) is 0 Å². The highest BCUT2D eigenvalue weighted by Gasteiger charge is 2.31. The molecule has 2 aliphatic rings. The van der Waals surface area contributed by atoms with Crippen LogP contribution >= 0.6 is 0 Å². The number of piperidine rings is 1. The Morgan fingerprint density at radius 3 is 2.55 bits per heavy atom. The second-order valence-corrected chi connectivity index (χ2v) is 12.0. The van der Waals surface area contributed by atoms with E-state index < -0.39 is 10.0 Å². The summed E-state index contributed by atoms with van der Waals surface area (Å²) in [5.74, 6) is 0.723. The van der Waals surface area contributed by atoms with Crippen molar-refractivity contribution in [2.75, 3.05) is 35.9 Å². The van der Waals surface area contributed by atoms with Gasteiger partial charge in [0, 0.05) is 62.3 Å². The maximum atomic E-state index is 13.2. The van der Waals surface area contributed by atoms with Crippen molar-refractivity contribution in [3.8, 4) is 0 Å². The summed E-state index contributed by atoms with van der Waals surface area (Å²) >= 11 is 0. The molecule has 1 fully saturated rings. The van der Waals surface area contributed by atoms with Gasteiger partial charge < -0.3 is 10.2 Å². The van der Waals surface area contributed by atoms with Gasteiger partial charge in [-0.2, -0.15) is 0 Å². The second kappa shape index (κ2) is 10.7. The Morgan fingerprint density at radius 1 is 1.05 bits per heavy atom. The normalized spacial score (nSPS) is 18.1. The smallest absolute Gasteiger partial charge is 0.255 e. The highest BCUT2D eigenvalue weighted by molar-refractivity contribution is 7.92. The lowest BCUT2D eigenvalue weighted by Crippen LogP contribution is -2.51. The minimum atomic E-state index is -3.42. The van der Waals surface area contributed by atoms with Crippen LogP contribution in [0.25, 0.3) is 0 Å². The number of benzene rings is 1. The average molecular weight is 536 g/mol. The van der Waals surface area contributed by atoms with Crippen LogP contribution in [0.3, 0.4) is 0 Å². The maximum absolute atomic E-state index is 13.2. The first kappa shape index (κ1) is 26.1. The van der Waals surface area contributed by atoms with Crippen LogP contribution in [0.15, 0.2) is 42.7 Å². The van der Waals surface area contributed by atoms with E-state index in [9.17, 15) is 13.2 Å². The predicted molar refractivity (Wildman–Crippen MR) is 147 cm³/mol. The summed E-state index contributed by atoms with van der Waals surface area (Å²) in [6.45, 7) is 7.13. The van der Waals surface area contributed by atoms with Crippen LogP contribution in [0, 0.1) is 13.8 Å². The van der Waals surface area contributed by atoms with Crippen LogP contribution < -0.4 is 10.0 Å². The molecule has 0 radical (unpaired) electrons. The second-order valence-electron chi connectivity index (χ2n) is 10.2. The molecule has 1 atom stereocenters. The Balaban J connectivity index is 1.21. The molecule has 3 aromatic rings. The number of hydrogen-bond acceptors (Lipinski definition) is 8. The van der Waals surface area contributed by atoms with Crippen molar-refractivity contribution in [3.05, 3.63) is 70.7 Å². The Morgan fingerprint density at radius 2 is 1.84 bits per heavy atom. The number of carbonyl (C=O) groups excluding carboxylic acids is 1. The van der Waals surface area contributed by atoms with Crippen LogP contribution in [0.1, 0.15) is 45.6 Å². The number of pyridine rings is 1. The standard InChI is InChI=1S/C27H33N7O3S/c1-18-11-19(2)13-22(12-18)30-27-29-15-21-16-33(10-8-24(21)31-27)23-5-4-9-34(17-23)26(35)20-6-7-25(28-14-20)32-38(3,36)37/h6-7,11-15,23H,4-5,8-10,16-17H2,1-3H3,(H,28,32)(H,29,30,31). The number of rotatable bonds is 6. The molecule has 2 aromatic heterocycles. The zero-order valence-electron chi connectivity index (χ0n) is 21.9. The first-order valence-electron chi connectivity index (χ1n) is 12.8. The van der Waals surface area contributed by atoms with Gasteiger partial charge in [0.05, 0.1) is 17.5 Å². The summed E-state index contributed by atoms with van der Waals surface area (Å²) in [5.41, 5.74) is 6.02. The fraction of sp³-hybridized carbons (Fsp3) is 0.407. The molecular formula is C27H33N7O3S. The predicted octanol–water partition coefficient (Wildman–Crippen LogP) is 3.27. The molecule has 0 spiro atoms. The fourth-order valence-electron chi connectivity index (χ4n) is 5.28. The molecule has 1 unspecified atom stereocenters. The van der Waals surface area contributed by atoms with Crippen molar-refractivity contribution in [2.24, 2.45) is 0 Å². The molecule has 2 aliphatic heterocycles. The van der Waals surface area contributed by atoms with Crippen molar-refractivity contribution >= 4 is 33.4 Å². The van der Waals surface area contributed by atoms with Crippen molar-refractivity contribution in [1.82, 2.24) is 24.8 Å². The molecule has 0 aliphatic carbocycles. The van der Waals surface area contributed by atoms with Gasteiger partial charge in [-0.15, -0.1) is 0 Å². The van der Waals surface area contributed by atoms with Crippen molar-refractivity contribution < 1.29 is 13.2 Å². The molecule has 5 rings (SSSR count). The lowest BCUT2D eigenvalue weighted by Gasteiger charge is -2.41. The Kier molecular flexibility index (Phi) is 7.31. The van der Waals surface area contributed by atoms with Gasteiger partial charge in [-0.3, -0.25) is 14.4 Å². The van der Waals surface area contributed by atoms with Gasteiger partial charge in [0.1, 0.15) is 5.82 Å². The number of sulfonamides is 1. The number of amides is 1. The van der Waals surface area contributed by atoms with Crippen LogP contribution in [0.4, 0.5) is 17.5 Å². The quantitative estimate of drug-likeness (QED) is 0.494. The number of likely N-dealkylation sites (tertiary alicyclic amines) is 1. The molecule has 200 valence electrons. The van der Waals surface area contributed by atoms with E-state index in [1.807, 2.05) is 11.1 Å². The molecule has 0 bridgehead atoms. The van der Waals surface area contributed by atoms with E-state index in [0.717, 1.165) is 55.6 Å². The first-order valence-corrected chi connectivity index (χ1v) is 14.7. The third-order valence-electron chi connectivity index (χ3n) is 6.94. The van der Waals surface area contributed by atoms with E-state index in [1.165, 1.54) is 23.4 Å². The number of nitrogens with zero attached hydrogens (tertiary/aromatic N) is 5. The molecular weight excluding hydrogens is 502 g/mol. The number of hydrogen-bond donors (Lipinski definition) is 2. The van der Waals surface area contributed by atoms with E-state index in [-0.39, 0.29) is 17.8 Å². The molecule has 1 saturated heterocycles. The molecule has 38 heavy (non-hydrogen) atoms. The van der Waals surface area contributed by atoms with Gasteiger partial charge >= 0.3 is 0 Å². The Labute approximate surface area is 223 Å². The van der Waals surface area contributed by atoms with Gasteiger partial charge in [-0.05, 0) is 62.1 Å². The Bertz CT molecular complexity index is 1420. The molecule has 4 heterocycles. The summed E-state index contributed by atoms with van der Waals surface area (Å²) in [5, 5.41) is 3.34. The number of aromatic nitrogens is 3. The average Bonchev–Trinajstić information content (AvgIpc) is 2.87. The largest absolute Gasteiger partial charge is 0.337 e. The monoisotopic (exact) mass is 535 g/mol. The minimum Gasteiger partial charge on any atom is -0.337 e. The van der Waals surface area contributed by atoms with Gasteiger partial charge in [0.2, 0.25) is 16.0 Å². The lowest BCUT2D eigenvalue weighted by molar-refractivity contribution is 0.0547. The third-order valence-corrected chi connectivity index (χ3v) is 7.52. The highest BCUT2D eigenvalue weighted by Crippen LogP contribution is 2.26. The summed E-state index contributed by atoms with van der Waals surface area (Å²) < 4.78 is 25.1. The zero-order chi connectivity index (χ0) is 26.9. The minimum absolute atomic E-state index is 0.0871. The molecule has 1 amide bonds. The fourth-order valence-corrected chi connectivity index (χ4v) is 5.78. The molecule has 0 saturated carbocycles. The first-order chi connectivity index (χ1) is 18.1. The molecule has 1 aromatic carbocycles. The van der Waals surface area contributed by atoms with E-state index in [1.54, 1.807) is 6.07 Å². The van der Waals surface area contributed by atoms with Gasteiger partial charge in [0.25, 0.3) is 5.91 Å². The number of aryl methyl sites for hydroxylation is 2. The topological polar surface area (TPSA) is 120 Å². The van der Waals surface area contributed by atoms with Crippen molar-refractivity contribution in [1.29, 1.82) is 0 Å². The Hall–Kier alpha value is -3.57. The van der Waals surface area contributed by atoms with Crippen LogP contribution in [0.5, 0.6) is 0 Å². The lowest BCUT2D eigenvalue weighted by atomic mass is 9.99.